The third kappa shape index (κ3) is 2.57. The first-order valence-electron chi connectivity index (χ1n) is 5.42. The number of carboxylic acids is 1. The summed E-state index contributed by atoms with van der Waals surface area (Å²) in [5.41, 5.74) is 0.528. The van der Waals surface area contributed by atoms with Crippen LogP contribution in [0, 0.1) is 0 Å². The molecule has 1 aromatic rings. The van der Waals surface area contributed by atoms with Crippen LogP contribution in [0.3, 0.4) is 0 Å². The van der Waals surface area contributed by atoms with E-state index in [-0.39, 0.29) is 18.6 Å². The van der Waals surface area contributed by atoms with Crippen molar-refractivity contribution in [3.05, 3.63) is 29.8 Å². The van der Waals surface area contributed by atoms with Crippen LogP contribution >= 0.6 is 0 Å². The van der Waals surface area contributed by atoms with Crippen LogP contribution in [0.25, 0.3) is 0 Å². The van der Waals surface area contributed by atoms with Crippen LogP contribution in [0.15, 0.2) is 24.3 Å². The molecule has 98 valence electrons. The van der Waals surface area contributed by atoms with Crippen molar-refractivity contribution in [2.75, 3.05) is 0 Å². The minimum atomic E-state index is -4.48. The summed E-state index contributed by atoms with van der Waals surface area (Å²) in [6.45, 7) is 0. The number of alkyl halides is 3. The molecule has 18 heavy (non-hydrogen) atoms. The second-order valence-electron chi connectivity index (χ2n) is 4.22. The van der Waals surface area contributed by atoms with Crippen molar-refractivity contribution in [3.8, 4) is 5.75 Å². The molecule has 1 aliphatic heterocycles. The van der Waals surface area contributed by atoms with Gasteiger partial charge in [0.05, 0.1) is 6.42 Å². The third-order valence-electron chi connectivity index (χ3n) is 2.91. The molecular formula is C12H11F3O3. The molecule has 0 fully saturated rings. The highest BCUT2D eigenvalue weighted by Crippen LogP contribution is 2.42. The molecule has 0 amide bonds. The van der Waals surface area contributed by atoms with E-state index in [4.69, 9.17) is 9.84 Å². The van der Waals surface area contributed by atoms with Gasteiger partial charge in [0, 0.05) is 12.3 Å². The average Bonchev–Trinajstić information content (AvgIpc) is 2.27. The van der Waals surface area contributed by atoms with Gasteiger partial charge >= 0.3 is 12.1 Å². The Morgan fingerprint density at radius 3 is 2.67 bits per heavy atom. The highest BCUT2D eigenvalue weighted by molar-refractivity contribution is 5.68. The quantitative estimate of drug-likeness (QED) is 0.889. The van der Waals surface area contributed by atoms with E-state index in [0.29, 0.717) is 5.56 Å². The Hall–Kier alpha value is -1.72. The Labute approximate surface area is 101 Å². The minimum Gasteiger partial charge on any atom is -0.481 e. The number of para-hydroxylation sites is 1. The number of halogens is 3. The molecule has 0 bridgehead atoms. The lowest BCUT2D eigenvalue weighted by atomic mass is 9.87. The van der Waals surface area contributed by atoms with Gasteiger partial charge in [0.1, 0.15) is 5.75 Å². The molecule has 0 aromatic heterocycles. The van der Waals surface area contributed by atoms with Crippen LogP contribution in [0.2, 0.25) is 0 Å². The van der Waals surface area contributed by atoms with Crippen LogP contribution in [-0.4, -0.2) is 23.4 Å². The molecular weight excluding hydrogens is 249 g/mol. The second-order valence-corrected chi connectivity index (χ2v) is 4.22. The highest BCUT2D eigenvalue weighted by atomic mass is 19.4. The maximum atomic E-state index is 12.7. The van der Waals surface area contributed by atoms with Crippen LogP contribution in [-0.2, 0) is 4.79 Å². The Kier molecular flexibility index (Phi) is 3.19. The van der Waals surface area contributed by atoms with Crippen molar-refractivity contribution in [3.63, 3.8) is 0 Å². The molecule has 0 saturated heterocycles. The predicted molar refractivity (Wildman–Crippen MR) is 56.5 cm³/mol. The first-order chi connectivity index (χ1) is 8.38. The topological polar surface area (TPSA) is 46.5 Å². The normalized spacial score (nSPS) is 23.1. The number of ether oxygens (including phenoxy) is 1. The van der Waals surface area contributed by atoms with E-state index in [2.05, 4.69) is 0 Å². The Morgan fingerprint density at radius 1 is 1.39 bits per heavy atom. The predicted octanol–water partition coefficient (Wildman–Crippen LogP) is 2.96. The van der Waals surface area contributed by atoms with E-state index in [1.54, 1.807) is 18.2 Å². The van der Waals surface area contributed by atoms with Gasteiger partial charge in [0.2, 0.25) is 0 Å². The van der Waals surface area contributed by atoms with E-state index >= 15 is 0 Å². The van der Waals surface area contributed by atoms with Crippen LogP contribution < -0.4 is 4.74 Å². The lowest BCUT2D eigenvalue weighted by Gasteiger charge is -2.32. The fourth-order valence-corrected chi connectivity index (χ4v) is 2.12. The Bertz CT molecular complexity index is 456. The fraction of sp³-hybridized carbons (Fsp3) is 0.417. The summed E-state index contributed by atoms with van der Waals surface area (Å²) >= 11 is 0. The summed E-state index contributed by atoms with van der Waals surface area (Å²) in [5, 5.41) is 8.76. The van der Waals surface area contributed by atoms with Crippen molar-refractivity contribution in [1.29, 1.82) is 0 Å². The molecule has 1 N–H and O–H groups in total. The molecule has 0 spiro atoms. The van der Waals surface area contributed by atoms with Crippen molar-refractivity contribution in [2.24, 2.45) is 0 Å². The first kappa shape index (κ1) is 12.7. The van der Waals surface area contributed by atoms with Crippen molar-refractivity contribution >= 4 is 5.97 Å². The zero-order valence-electron chi connectivity index (χ0n) is 9.28. The second kappa shape index (κ2) is 4.51. The van der Waals surface area contributed by atoms with Gasteiger partial charge in [-0.1, -0.05) is 18.2 Å². The molecule has 1 heterocycles. The zero-order chi connectivity index (χ0) is 13.3. The Balaban J connectivity index is 2.32. The number of carbonyl (C=O) groups is 1. The molecule has 0 radical (unpaired) electrons. The summed E-state index contributed by atoms with van der Waals surface area (Å²) in [4.78, 5) is 10.7. The number of carboxylic acid groups (broad SMARTS) is 1. The smallest absolute Gasteiger partial charge is 0.425 e. The van der Waals surface area contributed by atoms with E-state index < -0.39 is 24.2 Å². The molecule has 0 saturated carbocycles. The van der Waals surface area contributed by atoms with Gasteiger partial charge in [0.25, 0.3) is 0 Å². The summed E-state index contributed by atoms with van der Waals surface area (Å²) in [6.07, 6.45) is -7.10. The fourth-order valence-electron chi connectivity index (χ4n) is 2.12. The maximum absolute atomic E-state index is 12.7. The SMILES string of the molecule is O=C(O)CC1CC(C(F)(F)F)Oc2ccccc21. The van der Waals surface area contributed by atoms with Gasteiger partial charge in [-0.3, -0.25) is 4.79 Å². The van der Waals surface area contributed by atoms with Crippen LogP contribution in [0.5, 0.6) is 5.75 Å². The minimum absolute atomic E-state index is 0.123. The van der Waals surface area contributed by atoms with E-state index in [9.17, 15) is 18.0 Å². The van der Waals surface area contributed by atoms with Crippen molar-refractivity contribution in [1.82, 2.24) is 0 Å². The van der Waals surface area contributed by atoms with Gasteiger partial charge in [-0.05, 0) is 11.6 Å². The third-order valence-corrected chi connectivity index (χ3v) is 2.91. The first-order valence-corrected chi connectivity index (χ1v) is 5.42. The van der Waals surface area contributed by atoms with Gasteiger partial charge in [-0.25, -0.2) is 0 Å². The van der Waals surface area contributed by atoms with E-state index in [1.807, 2.05) is 0 Å². The summed E-state index contributed by atoms with van der Waals surface area (Å²) < 4.78 is 42.9. The van der Waals surface area contributed by atoms with Crippen LogP contribution in [0.1, 0.15) is 24.3 Å². The monoisotopic (exact) mass is 260 g/mol. The van der Waals surface area contributed by atoms with Gasteiger partial charge in [0.15, 0.2) is 6.10 Å². The van der Waals surface area contributed by atoms with Crippen LogP contribution in [0.4, 0.5) is 13.2 Å². The molecule has 2 unspecified atom stereocenters. The molecule has 2 atom stereocenters. The summed E-state index contributed by atoms with van der Waals surface area (Å²) in [5.74, 6) is -1.66. The van der Waals surface area contributed by atoms with E-state index in [0.717, 1.165) is 0 Å². The van der Waals surface area contributed by atoms with Crippen molar-refractivity contribution in [2.45, 2.75) is 31.0 Å². The number of hydrogen-bond acceptors (Lipinski definition) is 2. The lowest BCUT2D eigenvalue weighted by molar-refractivity contribution is -0.201. The molecule has 1 aliphatic rings. The molecule has 1 aromatic carbocycles. The number of fused-ring (bicyclic) bond motifs is 1. The standard InChI is InChI=1S/C12H11F3O3/c13-12(14,15)10-5-7(6-11(16)17)8-3-1-2-4-9(8)18-10/h1-4,7,10H,5-6H2,(H,16,17). The van der Waals surface area contributed by atoms with Gasteiger partial charge in [-0.15, -0.1) is 0 Å². The lowest BCUT2D eigenvalue weighted by Crippen LogP contribution is -2.39. The summed E-state index contributed by atoms with van der Waals surface area (Å²) in [6, 6.07) is 6.26. The number of rotatable bonds is 2. The average molecular weight is 260 g/mol. The van der Waals surface area contributed by atoms with Crippen molar-refractivity contribution < 1.29 is 27.8 Å². The maximum Gasteiger partial charge on any atom is 0.425 e. The molecule has 6 heteroatoms. The van der Waals surface area contributed by atoms with Gasteiger partial charge in [-0.2, -0.15) is 13.2 Å². The summed E-state index contributed by atoms with van der Waals surface area (Å²) in [7, 11) is 0. The number of benzene rings is 1. The number of hydrogen-bond donors (Lipinski definition) is 1. The largest absolute Gasteiger partial charge is 0.481 e. The molecule has 3 nitrogen and oxygen atoms in total. The van der Waals surface area contributed by atoms with Gasteiger partial charge < -0.3 is 9.84 Å². The zero-order valence-corrected chi connectivity index (χ0v) is 9.28. The van der Waals surface area contributed by atoms with E-state index in [1.165, 1.54) is 6.07 Å². The molecule has 2 rings (SSSR count). The number of aliphatic carboxylic acids is 1. The Morgan fingerprint density at radius 2 is 2.06 bits per heavy atom. The molecule has 0 aliphatic carbocycles. The highest BCUT2D eigenvalue weighted by Gasteiger charge is 2.46.